The number of unbranched alkanes of at least 4 members (excludes halogenated alkanes) is 39. The van der Waals surface area contributed by atoms with Crippen LogP contribution in [0.25, 0.3) is 0 Å². The number of aliphatic hydroxyl groups is 2. The van der Waals surface area contributed by atoms with Crippen LogP contribution in [0.3, 0.4) is 0 Å². The molecule has 0 heterocycles. The molecule has 6 heteroatoms. The van der Waals surface area contributed by atoms with Gasteiger partial charge in [-0.05, 0) is 83.5 Å². The van der Waals surface area contributed by atoms with Crippen molar-refractivity contribution in [3.05, 3.63) is 36.5 Å². The molecule has 0 bridgehead atoms. The fourth-order valence-electron chi connectivity index (χ4n) is 8.86. The number of amides is 1. The van der Waals surface area contributed by atoms with Crippen molar-refractivity contribution < 1.29 is 24.5 Å². The number of carbonyl (C=O) groups excluding carboxylic acids is 2. The minimum atomic E-state index is -0.843. The summed E-state index contributed by atoms with van der Waals surface area (Å²) in [4.78, 5) is 24.4. The van der Waals surface area contributed by atoms with Crippen molar-refractivity contribution in [2.45, 2.75) is 321 Å². The molecule has 388 valence electrons. The molecule has 0 spiro atoms. The molecule has 3 N–H and O–H groups in total. The van der Waals surface area contributed by atoms with E-state index in [1.54, 1.807) is 6.08 Å². The van der Waals surface area contributed by atoms with Crippen LogP contribution in [0.1, 0.15) is 309 Å². The third-order valence-corrected chi connectivity index (χ3v) is 13.4. The lowest BCUT2D eigenvalue weighted by molar-refractivity contribution is -0.143. The Morgan fingerprint density at radius 3 is 1.08 bits per heavy atom. The number of nitrogens with one attached hydrogen (secondary N) is 1. The van der Waals surface area contributed by atoms with Crippen molar-refractivity contribution in [3.63, 3.8) is 0 Å². The van der Waals surface area contributed by atoms with Gasteiger partial charge in [0, 0.05) is 12.8 Å². The number of rotatable bonds is 54. The highest BCUT2D eigenvalue weighted by Gasteiger charge is 2.18. The molecule has 0 fully saturated rings. The Hall–Kier alpha value is -1.92. The van der Waals surface area contributed by atoms with Gasteiger partial charge < -0.3 is 20.3 Å². The average molecular weight is 929 g/mol. The second kappa shape index (κ2) is 55.7. The van der Waals surface area contributed by atoms with Crippen LogP contribution in [-0.4, -0.2) is 47.4 Å². The quantitative estimate of drug-likeness (QED) is 0.0321. The minimum Gasteiger partial charge on any atom is -0.466 e. The molecule has 6 nitrogen and oxygen atoms in total. The highest BCUT2D eigenvalue weighted by molar-refractivity contribution is 5.76. The SMILES string of the molecule is CCCCCCC/C=C\CCCCCCCC(=O)OCCCCCCCCCCCCCC/C=C\CCCCCCCCCCCCC(=O)NC(CO)C(O)/C=C/CCCCCCCCC. The Morgan fingerprint density at radius 2 is 0.712 bits per heavy atom. The van der Waals surface area contributed by atoms with Gasteiger partial charge in [0.25, 0.3) is 0 Å². The monoisotopic (exact) mass is 928 g/mol. The summed E-state index contributed by atoms with van der Waals surface area (Å²) in [6.07, 6.45) is 69.0. The van der Waals surface area contributed by atoms with Crippen LogP contribution in [0.5, 0.6) is 0 Å². The van der Waals surface area contributed by atoms with E-state index in [2.05, 4.69) is 43.5 Å². The van der Waals surface area contributed by atoms with Gasteiger partial charge in [-0.3, -0.25) is 9.59 Å². The number of ether oxygens (including phenoxy) is 1. The van der Waals surface area contributed by atoms with Crippen LogP contribution in [0.15, 0.2) is 36.5 Å². The molecular formula is C60H113NO5. The topological polar surface area (TPSA) is 95.9 Å². The van der Waals surface area contributed by atoms with Crippen molar-refractivity contribution in [2.24, 2.45) is 0 Å². The zero-order valence-corrected chi connectivity index (χ0v) is 44.2. The van der Waals surface area contributed by atoms with Crippen molar-refractivity contribution >= 4 is 11.9 Å². The van der Waals surface area contributed by atoms with Crippen molar-refractivity contribution in [1.29, 1.82) is 0 Å². The first-order valence-electron chi connectivity index (χ1n) is 29.3. The zero-order chi connectivity index (χ0) is 47.9. The molecule has 0 aromatic carbocycles. The third-order valence-electron chi connectivity index (χ3n) is 13.4. The summed E-state index contributed by atoms with van der Waals surface area (Å²) in [7, 11) is 0. The number of aliphatic hydroxyl groups excluding tert-OH is 2. The van der Waals surface area contributed by atoms with Crippen molar-refractivity contribution in [3.8, 4) is 0 Å². The van der Waals surface area contributed by atoms with E-state index in [1.165, 1.54) is 238 Å². The summed E-state index contributed by atoms with van der Waals surface area (Å²) < 4.78 is 5.47. The highest BCUT2D eigenvalue weighted by Crippen LogP contribution is 2.16. The van der Waals surface area contributed by atoms with E-state index in [4.69, 9.17) is 4.74 Å². The molecule has 0 saturated carbocycles. The van der Waals surface area contributed by atoms with Crippen LogP contribution in [0.4, 0.5) is 0 Å². The van der Waals surface area contributed by atoms with Crippen molar-refractivity contribution in [1.82, 2.24) is 5.32 Å². The molecule has 0 aliphatic rings. The first kappa shape index (κ1) is 64.1. The van der Waals surface area contributed by atoms with E-state index in [0.717, 1.165) is 44.9 Å². The second-order valence-electron chi connectivity index (χ2n) is 20.0. The zero-order valence-electron chi connectivity index (χ0n) is 44.2. The second-order valence-corrected chi connectivity index (χ2v) is 20.0. The summed E-state index contributed by atoms with van der Waals surface area (Å²) in [5.41, 5.74) is 0. The summed E-state index contributed by atoms with van der Waals surface area (Å²) in [5.74, 6) is -0.0677. The van der Waals surface area contributed by atoms with E-state index in [0.29, 0.717) is 19.4 Å². The molecule has 2 unspecified atom stereocenters. The molecule has 66 heavy (non-hydrogen) atoms. The van der Waals surface area contributed by atoms with Gasteiger partial charge >= 0.3 is 5.97 Å². The van der Waals surface area contributed by atoms with Gasteiger partial charge in [0.15, 0.2) is 0 Å². The Bertz CT molecular complexity index is 1070. The van der Waals surface area contributed by atoms with Gasteiger partial charge in [-0.1, -0.05) is 249 Å². The lowest BCUT2D eigenvalue weighted by atomic mass is 10.0. The smallest absolute Gasteiger partial charge is 0.305 e. The Morgan fingerprint density at radius 1 is 0.409 bits per heavy atom. The molecule has 0 rings (SSSR count). The summed E-state index contributed by atoms with van der Waals surface area (Å²) in [5, 5.41) is 22.9. The van der Waals surface area contributed by atoms with Gasteiger partial charge in [0.2, 0.25) is 5.91 Å². The minimum absolute atomic E-state index is 0.00492. The fourth-order valence-corrected chi connectivity index (χ4v) is 8.86. The highest BCUT2D eigenvalue weighted by atomic mass is 16.5. The maximum absolute atomic E-state index is 12.4. The number of hydrogen-bond donors (Lipinski definition) is 3. The lowest BCUT2D eigenvalue weighted by Gasteiger charge is -2.20. The molecule has 1 amide bonds. The maximum atomic E-state index is 12.4. The van der Waals surface area contributed by atoms with Gasteiger partial charge in [-0.25, -0.2) is 0 Å². The summed E-state index contributed by atoms with van der Waals surface area (Å²) >= 11 is 0. The number of carbonyl (C=O) groups is 2. The first-order valence-corrected chi connectivity index (χ1v) is 29.3. The van der Waals surface area contributed by atoms with E-state index in [9.17, 15) is 19.8 Å². The molecule has 0 aromatic heterocycles. The van der Waals surface area contributed by atoms with Crippen LogP contribution in [0.2, 0.25) is 0 Å². The average Bonchev–Trinajstić information content (AvgIpc) is 3.32. The number of hydrogen-bond acceptors (Lipinski definition) is 5. The van der Waals surface area contributed by atoms with E-state index in [1.807, 2.05) is 6.08 Å². The molecule has 0 aliphatic carbocycles. The largest absolute Gasteiger partial charge is 0.466 e. The van der Waals surface area contributed by atoms with Gasteiger partial charge in [0.1, 0.15) is 0 Å². The van der Waals surface area contributed by atoms with Gasteiger partial charge in [-0.2, -0.15) is 0 Å². The maximum Gasteiger partial charge on any atom is 0.305 e. The van der Waals surface area contributed by atoms with Gasteiger partial charge in [0.05, 0.1) is 25.4 Å². The normalized spacial score (nSPS) is 12.8. The molecule has 0 aromatic rings. The Kier molecular flexibility index (Phi) is 54.1. The van der Waals surface area contributed by atoms with Crippen LogP contribution in [0, 0.1) is 0 Å². The molecule has 2 atom stereocenters. The summed E-state index contributed by atoms with van der Waals surface area (Å²) in [6, 6.07) is -0.627. The lowest BCUT2D eigenvalue weighted by Crippen LogP contribution is -2.45. The third kappa shape index (κ3) is 51.5. The van der Waals surface area contributed by atoms with E-state index < -0.39 is 12.1 Å². The fraction of sp³-hybridized carbons (Fsp3) is 0.867. The van der Waals surface area contributed by atoms with Gasteiger partial charge in [-0.15, -0.1) is 0 Å². The number of esters is 1. The van der Waals surface area contributed by atoms with E-state index in [-0.39, 0.29) is 18.5 Å². The van der Waals surface area contributed by atoms with Crippen LogP contribution < -0.4 is 5.32 Å². The van der Waals surface area contributed by atoms with Crippen LogP contribution >= 0.6 is 0 Å². The predicted molar refractivity (Wildman–Crippen MR) is 287 cm³/mol. The van der Waals surface area contributed by atoms with E-state index >= 15 is 0 Å². The molecular weight excluding hydrogens is 815 g/mol. The first-order chi connectivity index (χ1) is 32.5. The summed E-state index contributed by atoms with van der Waals surface area (Å²) in [6.45, 7) is 4.87. The number of allylic oxidation sites excluding steroid dienone is 5. The molecule has 0 saturated heterocycles. The molecule has 0 radical (unpaired) electrons. The standard InChI is InChI=1S/C60H113NO5/c1-3-5-7-9-11-13-14-15-31-34-38-42-46-50-54-60(65)66-55-51-47-43-39-35-32-29-27-25-23-21-19-17-16-18-20-22-24-26-28-30-33-37-41-45-49-53-59(64)61-57(56-62)58(63)52-48-44-40-36-12-10-8-6-4-2/h14-16,18,48,52,57-58,62-63H,3-13,17,19-47,49-51,53-56H2,1-2H3,(H,61,64)/b15-14-,18-16-,52-48+. The predicted octanol–water partition coefficient (Wildman–Crippen LogP) is 18.0. The Labute approximate surface area is 411 Å². The van der Waals surface area contributed by atoms with Crippen molar-refractivity contribution in [2.75, 3.05) is 13.2 Å². The Balaban J connectivity index is 3.38. The molecule has 0 aliphatic heterocycles. The van der Waals surface area contributed by atoms with Crippen LogP contribution in [-0.2, 0) is 14.3 Å².